The maximum absolute atomic E-state index is 13.0. The predicted molar refractivity (Wildman–Crippen MR) is 117 cm³/mol. The Bertz CT molecular complexity index is 1070. The van der Waals surface area contributed by atoms with Crippen LogP contribution in [0.2, 0.25) is 10.0 Å². The summed E-state index contributed by atoms with van der Waals surface area (Å²) in [5, 5.41) is 0.809. The van der Waals surface area contributed by atoms with Crippen molar-refractivity contribution in [1.82, 2.24) is 14.9 Å². The molecule has 148 valence electrons. The van der Waals surface area contributed by atoms with Gasteiger partial charge in [0.15, 0.2) is 5.82 Å². The van der Waals surface area contributed by atoms with E-state index in [1.165, 1.54) is 0 Å². The van der Waals surface area contributed by atoms with Gasteiger partial charge in [-0.25, -0.2) is 9.97 Å². The molecule has 5 nitrogen and oxygen atoms in total. The van der Waals surface area contributed by atoms with Gasteiger partial charge in [0.25, 0.3) is 5.91 Å². The summed E-state index contributed by atoms with van der Waals surface area (Å²) >= 11 is 12.1. The zero-order valence-electron chi connectivity index (χ0n) is 16.2. The van der Waals surface area contributed by atoms with Gasteiger partial charge in [0.05, 0.1) is 22.3 Å². The molecule has 29 heavy (non-hydrogen) atoms. The van der Waals surface area contributed by atoms with Gasteiger partial charge >= 0.3 is 0 Å². The lowest BCUT2D eigenvalue weighted by molar-refractivity contribution is 0.0733. The highest BCUT2D eigenvalue weighted by molar-refractivity contribution is 6.42. The molecule has 0 saturated carbocycles. The van der Waals surface area contributed by atoms with Crippen molar-refractivity contribution in [2.24, 2.45) is 0 Å². The summed E-state index contributed by atoms with van der Waals surface area (Å²) in [4.78, 5) is 26.4. The minimum absolute atomic E-state index is 0.0777. The summed E-state index contributed by atoms with van der Waals surface area (Å²) in [7, 11) is 3.91. The van der Waals surface area contributed by atoms with Crippen molar-refractivity contribution in [3.63, 3.8) is 0 Å². The van der Waals surface area contributed by atoms with Gasteiger partial charge in [-0.15, -0.1) is 0 Å². The standard InChI is InChI=1S/C22H20Cl2N4O/c1-27(2)21-16-13-28(22(29)15-8-9-17(23)18(24)12-15)11-10-19(16)25-20(26-21)14-6-4-3-5-7-14/h3-9,12H,10-11,13H2,1-2H3. The van der Waals surface area contributed by atoms with Crippen LogP contribution in [0.3, 0.4) is 0 Å². The SMILES string of the molecule is CN(C)c1nc(-c2ccccc2)nc2c1CN(C(=O)c1ccc(Cl)c(Cl)c1)CC2. The van der Waals surface area contributed by atoms with Crippen LogP contribution < -0.4 is 4.90 Å². The number of hydrogen-bond acceptors (Lipinski definition) is 4. The lowest BCUT2D eigenvalue weighted by atomic mass is 10.0. The normalized spacial score (nSPS) is 13.2. The molecule has 1 aromatic heterocycles. The molecule has 3 aromatic rings. The van der Waals surface area contributed by atoms with Gasteiger partial charge in [-0.1, -0.05) is 53.5 Å². The van der Waals surface area contributed by atoms with Gasteiger partial charge in [0.1, 0.15) is 5.82 Å². The monoisotopic (exact) mass is 426 g/mol. The smallest absolute Gasteiger partial charge is 0.254 e. The summed E-state index contributed by atoms with van der Waals surface area (Å²) < 4.78 is 0. The van der Waals surface area contributed by atoms with E-state index in [-0.39, 0.29) is 5.91 Å². The number of aromatic nitrogens is 2. The fourth-order valence-electron chi connectivity index (χ4n) is 3.47. The molecule has 0 unspecified atom stereocenters. The third kappa shape index (κ3) is 3.93. The number of anilines is 1. The Labute approximate surface area is 179 Å². The first kappa shape index (κ1) is 19.7. The van der Waals surface area contributed by atoms with Crippen LogP contribution in [0.5, 0.6) is 0 Å². The predicted octanol–water partition coefficient (Wildman–Crippen LogP) is 4.71. The minimum atomic E-state index is -0.0777. The average molecular weight is 427 g/mol. The largest absolute Gasteiger partial charge is 0.362 e. The first-order chi connectivity index (χ1) is 13.9. The second-order valence-electron chi connectivity index (χ2n) is 7.16. The molecular formula is C22H20Cl2N4O. The van der Waals surface area contributed by atoms with Crippen molar-refractivity contribution in [3.05, 3.63) is 75.4 Å². The Morgan fingerprint density at radius 3 is 2.48 bits per heavy atom. The van der Waals surface area contributed by atoms with Crippen LogP contribution in [0, 0.1) is 0 Å². The fourth-order valence-corrected chi connectivity index (χ4v) is 3.77. The van der Waals surface area contributed by atoms with E-state index >= 15 is 0 Å². The van der Waals surface area contributed by atoms with Crippen LogP contribution in [0.15, 0.2) is 48.5 Å². The van der Waals surface area contributed by atoms with Gasteiger partial charge in [-0.3, -0.25) is 4.79 Å². The van der Waals surface area contributed by atoms with E-state index < -0.39 is 0 Å². The second kappa shape index (κ2) is 8.01. The van der Waals surface area contributed by atoms with Crippen LogP contribution in [0.4, 0.5) is 5.82 Å². The first-order valence-electron chi connectivity index (χ1n) is 9.31. The Hall–Kier alpha value is -2.63. The topological polar surface area (TPSA) is 49.3 Å². The molecule has 7 heteroatoms. The Balaban J connectivity index is 1.68. The molecule has 0 atom stereocenters. The number of carbonyl (C=O) groups is 1. The lowest BCUT2D eigenvalue weighted by Gasteiger charge is -2.31. The molecule has 0 N–H and O–H groups in total. The number of amides is 1. The molecule has 1 aliphatic heterocycles. The van der Waals surface area contributed by atoms with Gasteiger partial charge in [0.2, 0.25) is 0 Å². The summed E-state index contributed by atoms with van der Waals surface area (Å²) in [5.74, 6) is 1.46. The summed E-state index contributed by atoms with van der Waals surface area (Å²) in [6, 6.07) is 14.9. The second-order valence-corrected chi connectivity index (χ2v) is 7.98. The van der Waals surface area contributed by atoms with Gasteiger partial charge in [-0.2, -0.15) is 0 Å². The van der Waals surface area contributed by atoms with Crippen molar-refractivity contribution in [2.75, 3.05) is 25.5 Å². The van der Waals surface area contributed by atoms with Crippen molar-refractivity contribution in [2.45, 2.75) is 13.0 Å². The minimum Gasteiger partial charge on any atom is -0.362 e. The van der Waals surface area contributed by atoms with E-state index in [9.17, 15) is 4.79 Å². The molecule has 2 heterocycles. The van der Waals surface area contributed by atoms with Crippen molar-refractivity contribution in [1.29, 1.82) is 0 Å². The highest BCUT2D eigenvalue weighted by Crippen LogP contribution is 2.30. The zero-order valence-corrected chi connectivity index (χ0v) is 17.7. The van der Waals surface area contributed by atoms with Gasteiger partial charge in [-0.05, 0) is 18.2 Å². The number of hydrogen-bond donors (Lipinski definition) is 0. The van der Waals surface area contributed by atoms with Crippen molar-refractivity contribution >= 4 is 34.9 Å². The van der Waals surface area contributed by atoms with Crippen LogP contribution >= 0.6 is 23.2 Å². The highest BCUT2D eigenvalue weighted by atomic mass is 35.5. The average Bonchev–Trinajstić information content (AvgIpc) is 2.74. The zero-order chi connectivity index (χ0) is 20.5. The van der Waals surface area contributed by atoms with Gasteiger partial charge < -0.3 is 9.80 Å². The first-order valence-corrected chi connectivity index (χ1v) is 10.1. The Kier molecular flexibility index (Phi) is 5.43. The molecule has 0 fully saturated rings. The quantitative estimate of drug-likeness (QED) is 0.607. The molecule has 2 aromatic carbocycles. The number of carbonyl (C=O) groups excluding carboxylic acids is 1. The third-order valence-electron chi connectivity index (χ3n) is 4.95. The Morgan fingerprint density at radius 2 is 1.79 bits per heavy atom. The molecule has 1 amide bonds. The van der Waals surface area contributed by atoms with Crippen LogP contribution in [-0.2, 0) is 13.0 Å². The Morgan fingerprint density at radius 1 is 1.03 bits per heavy atom. The summed E-state index contributed by atoms with van der Waals surface area (Å²) in [5.41, 5.74) is 3.47. The fraction of sp³-hybridized carbons (Fsp3) is 0.227. The molecule has 4 rings (SSSR count). The van der Waals surface area contributed by atoms with E-state index in [1.54, 1.807) is 23.1 Å². The van der Waals surface area contributed by atoms with E-state index in [1.807, 2.05) is 49.3 Å². The molecule has 0 bridgehead atoms. The van der Waals surface area contributed by atoms with Crippen molar-refractivity contribution in [3.8, 4) is 11.4 Å². The molecule has 0 aliphatic carbocycles. The van der Waals surface area contributed by atoms with E-state index in [0.29, 0.717) is 40.9 Å². The number of rotatable bonds is 3. The molecule has 0 spiro atoms. The summed E-state index contributed by atoms with van der Waals surface area (Å²) in [6.07, 6.45) is 0.672. The van der Waals surface area contributed by atoms with Gasteiger partial charge in [0, 0.05) is 43.8 Å². The number of benzene rings is 2. The van der Waals surface area contributed by atoms with Crippen LogP contribution in [0.25, 0.3) is 11.4 Å². The molecule has 0 saturated heterocycles. The van der Waals surface area contributed by atoms with Crippen LogP contribution in [-0.4, -0.2) is 41.4 Å². The number of halogens is 2. The maximum Gasteiger partial charge on any atom is 0.254 e. The third-order valence-corrected chi connectivity index (χ3v) is 5.69. The molecule has 0 radical (unpaired) electrons. The highest BCUT2D eigenvalue weighted by Gasteiger charge is 2.27. The lowest BCUT2D eigenvalue weighted by Crippen LogP contribution is -2.37. The van der Waals surface area contributed by atoms with Crippen molar-refractivity contribution < 1.29 is 4.79 Å². The van der Waals surface area contributed by atoms with E-state index in [0.717, 1.165) is 22.6 Å². The van der Waals surface area contributed by atoms with E-state index in [4.69, 9.17) is 33.2 Å². The number of nitrogens with zero attached hydrogens (tertiary/aromatic N) is 4. The number of fused-ring (bicyclic) bond motifs is 1. The molecular weight excluding hydrogens is 407 g/mol. The van der Waals surface area contributed by atoms with E-state index in [2.05, 4.69) is 0 Å². The molecule has 1 aliphatic rings. The van der Waals surface area contributed by atoms with Crippen LogP contribution in [0.1, 0.15) is 21.6 Å². The summed E-state index contributed by atoms with van der Waals surface area (Å²) in [6.45, 7) is 1.04. The maximum atomic E-state index is 13.0.